The van der Waals surface area contributed by atoms with E-state index < -0.39 is 0 Å². The highest BCUT2D eigenvalue weighted by molar-refractivity contribution is 5.89. The Morgan fingerprint density at radius 1 is 1.16 bits per heavy atom. The van der Waals surface area contributed by atoms with Gasteiger partial charge in [0, 0.05) is 20.1 Å². The summed E-state index contributed by atoms with van der Waals surface area (Å²) in [5.41, 5.74) is 1.72. The molecular weight excluding hydrogens is 244 g/mol. The van der Waals surface area contributed by atoms with Crippen LogP contribution >= 0.6 is 0 Å². The number of carbonyl (C=O) groups is 1. The second kappa shape index (κ2) is 7.92. The Kier molecular flexibility index (Phi) is 6.53. The summed E-state index contributed by atoms with van der Waals surface area (Å²) in [6, 6.07) is 7.44. The molecule has 0 spiro atoms. The van der Waals surface area contributed by atoms with E-state index in [0.29, 0.717) is 12.2 Å². The highest BCUT2D eigenvalue weighted by Crippen LogP contribution is 2.16. The first-order valence-electron chi connectivity index (χ1n) is 6.44. The molecule has 0 aromatic heterocycles. The second-order valence-corrected chi connectivity index (χ2v) is 4.44. The quantitative estimate of drug-likeness (QED) is 0.562. The molecule has 1 rings (SSSR count). The predicted molar refractivity (Wildman–Crippen MR) is 73.1 cm³/mol. The van der Waals surface area contributed by atoms with Gasteiger partial charge in [0.1, 0.15) is 0 Å². The van der Waals surface area contributed by atoms with Crippen LogP contribution in [0.25, 0.3) is 0 Å². The lowest BCUT2D eigenvalue weighted by Crippen LogP contribution is -2.24. The zero-order valence-corrected chi connectivity index (χ0v) is 12.0. The monoisotopic (exact) mass is 266 g/mol. The van der Waals surface area contributed by atoms with Gasteiger partial charge < -0.3 is 14.2 Å². The molecule has 0 fully saturated rings. The molecule has 0 aliphatic carbocycles. The highest BCUT2D eigenvalue weighted by Gasteiger charge is 2.16. The van der Waals surface area contributed by atoms with Gasteiger partial charge in [-0.2, -0.15) is 0 Å². The van der Waals surface area contributed by atoms with Crippen molar-refractivity contribution in [1.29, 1.82) is 0 Å². The third kappa shape index (κ3) is 4.65. The number of rotatable bonds is 7. The molecule has 1 aromatic carbocycles. The zero-order valence-electron chi connectivity index (χ0n) is 12.0. The van der Waals surface area contributed by atoms with Gasteiger partial charge in [-0.05, 0) is 31.0 Å². The minimum atomic E-state index is -0.284. The number of carbonyl (C=O) groups excluding carboxylic acids is 1. The Labute approximate surface area is 114 Å². The number of benzene rings is 1. The largest absolute Gasteiger partial charge is 0.462 e. The molecule has 106 valence electrons. The van der Waals surface area contributed by atoms with Crippen molar-refractivity contribution < 1.29 is 19.0 Å². The third-order valence-electron chi connectivity index (χ3n) is 2.95. The van der Waals surface area contributed by atoms with Crippen molar-refractivity contribution in [3.05, 3.63) is 35.4 Å². The standard InChI is InChI=1S/C15H22O4/c1-5-19-14(16)13-8-6-12(7-9-13)10-11(2)15(17-3)18-4/h6-9,11,15H,5,10H2,1-4H3. The van der Waals surface area contributed by atoms with Crippen molar-refractivity contribution in [2.75, 3.05) is 20.8 Å². The zero-order chi connectivity index (χ0) is 14.3. The van der Waals surface area contributed by atoms with Gasteiger partial charge in [-0.1, -0.05) is 19.1 Å². The summed E-state index contributed by atoms with van der Waals surface area (Å²) in [6.45, 7) is 4.25. The van der Waals surface area contributed by atoms with Crippen LogP contribution < -0.4 is 0 Å². The van der Waals surface area contributed by atoms with Crippen LogP contribution in [0.2, 0.25) is 0 Å². The molecule has 0 heterocycles. The maximum atomic E-state index is 11.5. The fourth-order valence-electron chi connectivity index (χ4n) is 2.02. The minimum Gasteiger partial charge on any atom is -0.462 e. The van der Waals surface area contributed by atoms with Crippen molar-refractivity contribution in [2.24, 2.45) is 5.92 Å². The van der Waals surface area contributed by atoms with Crippen LogP contribution in [0, 0.1) is 5.92 Å². The Morgan fingerprint density at radius 3 is 2.21 bits per heavy atom. The number of ether oxygens (including phenoxy) is 3. The smallest absolute Gasteiger partial charge is 0.338 e. The van der Waals surface area contributed by atoms with Gasteiger partial charge in [0.05, 0.1) is 12.2 Å². The van der Waals surface area contributed by atoms with Gasteiger partial charge in [-0.25, -0.2) is 4.79 Å². The molecule has 0 aliphatic heterocycles. The highest BCUT2D eigenvalue weighted by atomic mass is 16.7. The van der Waals surface area contributed by atoms with Crippen molar-refractivity contribution in [1.82, 2.24) is 0 Å². The fraction of sp³-hybridized carbons (Fsp3) is 0.533. The van der Waals surface area contributed by atoms with Crippen LogP contribution in [0.15, 0.2) is 24.3 Å². The predicted octanol–water partition coefficient (Wildman–Crippen LogP) is 2.66. The molecule has 0 amide bonds. The SMILES string of the molecule is CCOC(=O)c1ccc(CC(C)C(OC)OC)cc1. The molecular formula is C15H22O4. The van der Waals surface area contributed by atoms with E-state index >= 15 is 0 Å². The van der Waals surface area contributed by atoms with Crippen molar-refractivity contribution in [2.45, 2.75) is 26.6 Å². The molecule has 19 heavy (non-hydrogen) atoms. The second-order valence-electron chi connectivity index (χ2n) is 4.44. The van der Waals surface area contributed by atoms with Crippen molar-refractivity contribution >= 4 is 5.97 Å². The number of hydrogen-bond donors (Lipinski definition) is 0. The van der Waals surface area contributed by atoms with E-state index in [4.69, 9.17) is 14.2 Å². The lowest BCUT2D eigenvalue weighted by Gasteiger charge is -2.21. The summed E-state index contributed by atoms with van der Waals surface area (Å²) in [5.74, 6) is -0.0443. The number of hydrogen-bond acceptors (Lipinski definition) is 4. The molecule has 1 atom stereocenters. The first-order valence-corrected chi connectivity index (χ1v) is 6.44. The summed E-state index contributed by atoms with van der Waals surface area (Å²) < 4.78 is 15.4. The maximum absolute atomic E-state index is 11.5. The van der Waals surface area contributed by atoms with Gasteiger partial charge in [-0.3, -0.25) is 0 Å². The average Bonchev–Trinajstić information content (AvgIpc) is 2.41. The minimum absolute atomic E-state index is 0.218. The van der Waals surface area contributed by atoms with Crippen LogP contribution in [0.3, 0.4) is 0 Å². The van der Waals surface area contributed by atoms with Gasteiger partial charge in [0.25, 0.3) is 0 Å². The first kappa shape index (κ1) is 15.7. The molecule has 1 unspecified atom stereocenters. The van der Waals surface area contributed by atoms with E-state index in [1.807, 2.05) is 12.1 Å². The van der Waals surface area contributed by atoms with Crippen LogP contribution in [0.1, 0.15) is 29.8 Å². The summed E-state index contributed by atoms with van der Waals surface area (Å²) in [6.07, 6.45) is 0.611. The molecule has 0 radical (unpaired) electrons. The summed E-state index contributed by atoms with van der Waals surface area (Å²) in [5, 5.41) is 0. The van der Waals surface area contributed by atoms with Gasteiger partial charge in [-0.15, -0.1) is 0 Å². The first-order chi connectivity index (χ1) is 9.12. The Balaban J connectivity index is 2.64. The molecule has 0 aliphatic rings. The molecule has 0 saturated carbocycles. The Hall–Kier alpha value is -1.39. The molecule has 4 nitrogen and oxygen atoms in total. The maximum Gasteiger partial charge on any atom is 0.338 e. The van der Waals surface area contributed by atoms with Gasteiger partial charge in [0.2, 0.25) is 0 Å². The van der Waals surface area contributed by atoms with Crippen molar-refractivity contribution in [3.63, 3.8) is 0 Å². The topological polar surface area (TPSA) is 44.8 Å². The summed E-state index contributed by atoms with van der Waals surface area (Å²) in [7, 11) is 3.27. The summed E-state index contributed by atoms with van der Waals surface area (Å²) >= 11 is 0. The van der Waals surface area contributed by atoms with Crippen LogP contribution in [-0.2, 0) is 20.6 Å². The molecule has 0 saturated heterocycles. The van der Waals surface area contributed by atoms with Crippen LogP contribution in [-0.4, -0.2) is 33.1 Å². The summed E-state index contributed by atoms with van der Waals surface area (Å²) in [4.78, 5) is 11.5. The van der Waals surface area contributed by atoms with Gasteiger partial charge >= 0.3 is 5.97 Å². The molecule has 0 bridgehead atoms. The van der Waals surface area contributed by atoms with E-state index in [0.717, 1.165) is 12.0 Å². The van der Waals surface area contributed by atoms with Crippen molar-refractivity contribution in [3.8, 4) is 0 Å². The van der Waals surface area contributed by atoms with E-state index in [1.54, 1.807) is 33.3 Å². The van der Waals surface area contributed by atoms with E-state index in [2.05, 4.69) is 6.92 Å². The number of esters is 1. The Morgan fingerprint density at radius 2 is 1.74 bits per heavy atom. The van der Waals surface area contributed by atoms with Crippen LogP contribution in [0.4, 0.5) is 0 Å². The molecule has 1 aromatic rings. The average molecular weight is 266 g/mol. The normalized spacial score (nSPS) is 12.5. The number of methoxy groups -OCH3 is 2. The molecule has 0 N–H and O–H groups in total. The molecule has 4 heteroatoms. The fourth-order valence-corrected chi connectivity index (χ4v) is 2.02. The van der Waals surface area contributed by atoms with E-state index in [9.17, 15) is 4.79 Å². The van der Waals surface area contributed by atoms with E-state index in [1.165, 1.54) is 0 Å². The lowest BCUT2D eigenvalue weighted by molar-refractivity contribution is -0.132. The van der Waals surface area contributed by atoms with Crippen LogP contribution in [0.5, 0.6) is 0 Å². The lowest BCUT2D eigenvalue weighted by atomic mass is 9.99. The Bertz CT molecular complexity index is 382. The third-order valence-corrected chi connectivity index (χ3v) is 2.95. The van der Waals surface area contributed by atoms with Gasteiger partial charge in [0.15, 0.2) is 6.29 Å². The van der Waals surface area contributed by atoms with E-state index in [-0.39, 0.29) is 18.2 Å².